The molecule has 22 heteroatoms. The average molecular weight is 514 g/mol. The van der Waals surface area contributed by atoms with Crippen LogP contribution in [-0.2, 0) is 19.0 Å². The van der Waals surface area contributed by atoms with E-state index in [2.05, 4.69) is 0 Å². The minimum absolute atomic E-state index is 1.25. The van der Waals surface area contributed by atoms with Crippen LogP contribution in [-0.4, -0.2) is 54.8 Å². The summed E-state index contributed by atoms with van der Waals surface area (Å²) in [6.45, 7) is 0. The van der Waals surface area contributed by atoms with Crippen LogP contribution in [0, 0.1) is 0 Å². The molecule has 0 aliphatic heterocycles. The van der Waals surface area contributed by atoms with Gasteiger partial charge in [-0.15, -0.1) is 0 Å². The van der Waals surface area contributed by atoms with Crippen molar-refractivity contribution < 1.29 is 98.0 Å². The molecule has 0 radical (unpaired) electrons. The molecule has 0 aliphatic carbocycles. The fourth-order valence-corrected chi connectivity index (χ4v) is 1.00. The Morgan fingerprint density at radius 1 is 0.419 bits per heavy atom. The van der Waals surface area contributed by atoms with Crippen LogP contribution in [0.15, 0.2) is 0 Å². The van der Waals surface area contributed by atoms with Gasteiger partial charge in [-0.2, -0.15) is 79.0 Å². The minimum Gasteiger partial charge on any atom is -0.259 e. The molecule has 1 unspecified atom stereocenters. The van der Waals surface area contributed by atoms with Crippen LogP contribution < -0.4 is 0 Å². The second-order valence-corrected chi connectivity index (χ2v) is 4.75. The van der Waals surface area contributed by atoms with Gasteiger partial charge in [0, 0.05) is 0 Å². The molecule has 0 saturated carbocycles. The van der Waals surface area contributed by atoms with Gasteiger partial charge in [-0.25, -0.2) is 9.47 Å². The molecule has 0 saturated heterocycles. The van der Waals surface area contributed by atoms with E-state index in [4.69, 9.17) is 0 Å². The minimum atomic E-state index is -7.70. The Morgan fingerprint density at radius 2 is 0.677 bits per heavy atom. The van der Waals surface area contributed by atoms with E-state index in [0.29, 0.717) is 0 Å². The number of rotatable bonds is 9. The van der Waals surface area contributed by atoms with Crippen LogP contribution in [0.5, 0.6) is 0 Å². The summed E-state index contributed by atoms with van der Waals surface area (Å²) in [7, 11) is 0. The van der Waals surface area contributed by atoms with Gasteiger partial charge in [0.2, 0.25) is 0 Å². The summed E-state index contributed by atoms with van der Waals surface area (Å²) in [5.41, 5.74) is 0. The molecule has 0 bridgehead atoms. The molecule has 186 valence electrons. The lowest BCUT2D eigenvalue weighted by Gasteiger charge is -2.35. The molecular weight excluding hydrogens is 514 g/mol. The summed E-state index contributed by atoms with van der Waals surface area (Å²) in [5.74, 6) is -7.04. The lowest BCUT2D eigenvalue weighted by atomic mass is 10.3. The molecule has 0 rings (SSSR count). The normalized spacial score (nSPS) is 17.5. The molecule has 0 heterocycles. The molecule has 0 spiro atoms. The standard InChI is InChI=1S/C9F18O4/c10-1(28)2(11,3(12,13)14)29-6(20,21)7(22,23)31-9(26,27)8(24,25)30-5(18,19)4(15,16)17. The van der Waals surface area contributed by atoms with Crippen LogP contribution in [0.2, 0.25) is 0 Å². The monoisotopic (exact) mass is 514 g/mol. The highest BCUT2D eigenvalue weighted by molar-refractivity contribution is 5.77. The lowest BCUT2D eigenvalue weighted by molar-refractivity contribution is -0.566. The van der Waals surface area contributed by atoms with Crippen molar-refractivity contribution in [2.24, 2.45) is 0 Å². The van der Waals surface area contributed by atoms with Gasteiger partial charge in [0.25, 0.3) is 0 Å². The first-order valence-electron chi connectivity index (χ1n) is 6.08. The summed E-state index contributed by atoms with van der Waals surface area (Å²) in [5, 5.41) is 0. The Hall–Kier alpha value is -1.71. The van der Waals surface area contributed by atoms with Crippen molar-refractivity contribution in [1.82, 2.24) is 0 Å². The molecule has 0 aromatic heterocycles. The SMILES string of the molecule is O=C(F)C(F)(OC(F)(F)C(F)(F)OC(F)(F)C(F)(F)OC(F)(F)C(F)(F)F)C(F)(F)F. The van der Waals surface area contributed by atoms with Gasteiger partial charge in [-0.05, 0) is 0 Å². The average Bonchev–Trinajstić information content (AvgIpc) is 2.41. The van der Waals surface area contributed by atoms with Crippen molar-refractivity contribution in [3.63, 3.8) is 0 Å². The molecule has 31 heavy (non-hydrogen) atoms. The largest absolute Gasteiger partial charge is 0.483 e. The van der Waals surface area contributed by atoms with Crippen LogP contribution >= 0.6 is 0 Å². The molecule has 0 fully saturated rings. The van der Waals surface area contributed by atoms with Crippen LogP contribution in [0.4, 0.5) is 79.0 Å². The Kier molecular flexibility index (Phi) is 7.28. The Morgan fingerprint density at radius 3 is 0.903 bits per heavy atom. The fourth-order valence-electron chi connectivity index (χ4n) is 1.00. The zero-order valence-corrected chi connectivity index (χ0v) is 12.9. The quantitative estimate of drug-likeness (QED) is 0.310. The summed E-state index contributed by atoms with van der Waals surface area (Å²) >= 11 is 0. The maximum absolute atomic E-state index is 12.9. The zero-order chi connectivity index (χ0) is 25.7. The van der Waals surface area contributed by atoms with Crippen LogP contribution in [0.25, 0.3) is 0 Å². The molecule has 0 aromatic rings. The lowest BCUT2D eigenvalue weighted by Crippen LogP contribution is -2.61. The molecular formula is C9F18O4. The van der Waals surface area contributed by atoms with Crippen LogP contribution in [0.1, 0.15) is 0 Å². The van der Waals surface area contributed by atoms with Crippen molar-refractivity contribution in [3.05, 3.63) is 0 Å². The Bertz CT molecular complexity index is 664. The summed E-state index contributed by atoms with van der Waals surface area (Å²) in [6, 6.07) is -4.65. The number of hydrogen-bond donors (Lipinski definition) is 0. The summed E-state index contributed by atoms with van der Waals surface area (Å²) < 4.78 is 227. The number of alkyl halides is 17. The molecule has 1 atom stereocenters. The van der Waals surface area contributed by atoms with E-state index < -0.39 is 54.8 Å². The Balaban J connectivity index is 6.00. The highest BCUT2D eigenvalue weighted by Crippen LogP contribution is 2.51. The molecule has 4 nitrogen and oxygen atoms in total. The number of carbonyl (C=O) groups excluding carboxylic acids is 1. The van der Waals surface area contributed by atoms with Gasteiger partial charge in [0.1, 0.15) is 0 Å². The summed E-state index contributed by atoms with van der Waals surface area (Å²) in [4.78, 5) is 9.83. The van der Waals surface area contributed by atoms with E-state index in [1.165, 1.54) is 14.2 Å². The predicted octanol–water partition coefficient (Wildman–Crippen LogP) is 5.29. The number of carbonyl (C=O) groups is 1. The van der Waals surface area contributed by atoms with E-state index >= 15 is 0 Å². The van der Waals surface area contributed by atoms with Crippen molar-refractivity contribution in [2.45, 2.75) is 48.8 Å². The first-order chi connectivity index (χ1) is 13.1. The van der Waals surface area contributed by atoms with Gasteiger partial charge in [-0.3, -0.25) is 9.53 Å². The third-order valence-corrected chi connectivity index (χ3v) is 2.41. The molecule has 0 aliphatic rings. The first-order valence-corrected chi connectivity index (χ1v) is 6.08. The van der Waals surface area contributed by atoms with Gasteiger partial charge < -0.3 is 0 Å². The van der Waals surface area contributed by atoms with Crippen LogP contribution in [0.3, 0.4) is 0 Å². The topological polar surface area (TPSA) is 44.8 Å². The number of ether oxygens (including phenoxy) is 3. The summed E-state index contributed by atoms with van der Waals surface area (Å²) in [6.07, 6.45) is -52.4. The van der Waals surface area contributed by atoms with E-state index in [0.717, 1.165) is 0 Å². The third-order valence-electron chi connectivity index (χ3n) is 2.41. The van der Waals surface area contributed by atoms with Gasteiger partial charge in [-0.1, -0.05) is 0 Å². The maximum atomic E-state index is 12.9. The number of hydrogen-bond acceptors (Lipinski definition) is 4. The fraction of sp³-hybridized carbons (Fsp3) is 0.889. The molecule has 0 aromatic carbocycles. The van der Waals surface area contributed by atoms with Gasteiger partial charge in [0.15, 0.2) is 0 Å². The first kappa shape index (κ1) is 29.3. The van der Waals surface area contributed by atoms with Gasteiger partial charge in [0.05, 0.1) is 0 Å². The highest BCUT2D eigenvalue weighted by atomic mass is 19.4. The van der Waals surface area contributed by atoms with E-state index in [1.54, 1.807) is 0 Å². The second kappa shape index (κ2) is 7.71. The van der Waals surface area contributed by atoms with Gasteiger partial charge >= 0.3 is 54.8 Å². The third kappa shape index (κ3) is 5.75. The van der Waals surface area contributed by atoms with Crippen molar-refractivity contribution in [2.75, 3.05) is 0 Å². The molecule has 0 N–H and O–H groups in total. The maximum Gasteiger partial charge on any atom is 0.483 e. The number of halogens is 18. The van der Waals surface area contributed by atoms with E-state index in [9.17, 15) is 83.8 Å². The van der Waals surface area contributed by atoms with E-state index in [-0.39, 0.29) is 0 Å². The zero-order valence-electron chi connectivity index (χ0n) is 12.9. The van der Waals surface area contributed by atoms with Crippen molar-refractivity contribution in [3.8, 4) is 0 Å². The highest BCUT2D eigenvalue weighted by Gasteiger charge is 2.78. The molecule has 0 amide bonds. The van der Waals surface area contributed by atoms with Crippen molar-refractivity contribution in [1.29, 1.82) is 0 Å². The smallest absolute Gasteiger partial charge is 0.259 e. The predicted molar refractivity (Wildman–Crippen MR) is 50.1 cm³/mol. The van der Waals surface area contributed by atoms with Crippen molar-refractivity contribution >= 4 is 6.04 Å². The van der Waals surface area contributed by atoms with E-state index in [1.807, 2.05) is 0 Å². The second-order valence-electron chi connectivity index (χ2n) is 4.75. The Labute approximate surface area is 154 Å².